The van der Waals surface area contributed by atoms with E-state index in [2.05, 4.69) is 9.05 Å². The number of nitrogens with one attached hydrogen (secondary N) is 1. The van der Waals surface area contributed by atoms with Crippen molar-refractivity contribution in [2.45, 2.75) is 6.18 Å². The lowest BCUT2D eigenvalue weighted by Crippen LogP contribution is -2.38. The molecule has 1 amide bonds. The molecule has 0 heterocycles. The molecule has 0 aromatic heterocycles. The monoisotopic (exact) mass is 251 g/mol. The minimum absolute atomic E-state index is 0.549. The second-order valence-electron chi connectivity index (χ2n) is 2.24. The number of alkyl halides is 3. The van der Waals surface area contributed by atoms with E-state index in [-0.39, 0.29) is 0 Å². The van der Waals surface area contributed by atoms with Crippen molar-refractivity contribution in [2.24, 2.45) is 0 Å². The maximum absolute atomic E-state index is 11.6. The molecule has 6 nitrogen and oxygen atoms in total. The van der Waals surface area contributed by atoms with Gasteiger partial charge in [0.2, 0.25) is 0 Å². The van der Waals surface area contributed by atoms with Crippen LogP contribution in [-0.2, 0) is 18.4 Å². The quantitative estimate of drug-likeness (QED) is 0.546. The molecule has 0 aromatic rings. The summed E-state index contributed by atoms with van der Waals surface area (Å²) in [6.07, 6.45) is -4.98. The van der Waals surface area contributed by atoms with Crippen LogP contribution in [0.1, 0.15) is 0 Å². The molecular formula is C5H9F3NO5P. The van der Waals surface area contributed by atoms with Gasteiger partial charge in [-0.2, -0.15) is 13.2 Å². The lowest BCUT2D eigenvalue weighted by Gasteiger charge is -2.10. The van der Waals surface area contributed by atoms with Crippen molar-refractivity contribution < 1.29 is 36.5 Å². The van der Waals surface area contributed by atoms with Crippen LogP contribution >= 0.6 is 7.82 Å². The summed E-state index contributed by atoms with van der Waals surface area (Å²) < 4.78 is 53.5. The Morgan fingerprint density at radius 1 is 1.53 bits per heavy atom. The summed E-state index contributed by atoms with van der Waals surface area (Å²) in [5, 5.41) is 1.44. The van der Waals surface area contributed by atoms with Crippen LogP contribution in [-0.4, -0.2) is 37.2 Å². The molecule has 15 heavy (non-hydrogen) atoms. The SMILES string of the molecule is COP(=O)(O)OCCNC(=O)C(F)(F)F. The second kappa shape index (κ2) is 5.45. The first-order valence-electron chi connectivity index (χ1n) is 3.57. The molecule has 0 bridgehead atoms. The van der Waals surface area contributed by atoms with E-state index in [9.17, 15) is 22.5 Å². The van der Waals surface area contributed by atoms with Gasteiger partial charge in [0, 0.05) is 13.7 Å². The Bertz CT molecular complexity index is 268. The maximum Gasteiger partial charge on any atom is 0.471 e. The molecule has 1 unspecified atom stereocenters. The number of hydrogen-bond acceptors (Lipinski definition) is 4. The highest BCUT2D eigenvalue weighted by Crippen LogP contribution is 2.41. The average molecular weight is 251 g/mol. The summed E-state index contributed by atoms with van der Waals surface area (Å²) in [5.41, 5.74) is 0. The van der Waals surface area contributed by atoms with Gasteiger partial charge in [-0.3, -0.25) is 13.8 Å². The first-order valence-corrected chi connectivity index (χ1v) is 5.06. The highest BCUT2D eigenvalue weighted by Gasteiger charge is 2.38. The van der Waals surface area contributed by atoms with E-state index >= 15 is 0 Å². The van der Waals surface area contributed by atoms with Gasteiger partial charge in [0.1, 0.15) is 0 Å². The molecule has 0 rings (SSSR count). The van der Waals surface area contributed by atoms with E-state index in [1.165, 1.54) is 5.32 Å². The molecule has 2 N–H and O–H groups in total. The molecule has 0 aromatic carbocycles. The van der Waals surface area contributed by atoms with Crippen molar-refractivity contribution in [3.05, 3.63) is 0 Å². The third-order valence-electron chi connectivity index (χ3n) is 1.13. The minimum Gasteiger partial charge on any atom is -0.346 e. The predicted octanol–water partition coefficient (Wildman–Crippen LogP) is 0.428. The van der Waals surface area contributed by atoms with E-state index in [1.54, 1.807) is 0 Å². The van der Waals surface area contributed by atoms with Crippen LogP contribution in [0.2, 0.25) is 0 Å². The number of phosphoric acid groups is 1. The van der Waals surface area contributed by atoms with Crippen LogP contribution in [0.4, 0.5) is 13.2 Å². The van der Waals surface area contributed by atoms with Gasteiger partial charge in [0.05, 0.1) is 6.61 Å². The van der Waals surface area contributed by atoms with E-state index in [1.807, 2.05) is 0 Å². The molecule has 0 aliphatic carbocycles. The Labute approximate surface area is 83.0 Å². The van der Waals surface area contributed by atoms with Crippen molar-refractivity contribution in [3.8, 4) is 0 Å². The molecule has 0 fully saturated rings. The molecule has 0 saturated heterocycles. The second-order valence-corrected chi connectivity index (χ2v) is 3.80. The third kappa shape index (κ3) is 6.45. The maximum atomic E-state index is 11.6. The van der Waals surface area contributed by atoms with Crippen molar-refractivity contribution in [1.29, 1.82) is 0 Å². The van der Waals surface area contributed by atoms with Gasteiger partial charge in [-0.15, -0.1) is 0 Å². The molecule has 0 radical (unpaired) electrons. The zero-order chi connectivity index (χ0) is 12.1. The summed E-state index contributed by atoms with van der Waals surface area (Å²) in [5.74, 6) is -2.14. The zero-order valence-corrected chi connectivity index (χ0v) is 8.47. The fraction of sp³-hybridized carbons (Fsp3) is 0.800. The van der Waals surface area contributed by atoms with Gasteiger partial charge in [0.15, 0.2) is 0 Å². The highest BCUT2D eigenvalue weighted by molar-refractivity contribution is 7.47. The zero-order valence-electron chi connectivity index (χ0n) is 7.58. The van der Waals surface area contributed by atoms with Crippen molar-refractivity contribution in [1.82, 2.24) is 5.32 Å². The summed E-state index contributed by atoms with van der Waals surface area (Å²) in [6.45, 7) is -1.12. The molecule has 0 aliphatic rings. The lowest BCUT2D eigenvalue weighted by atomic mass is 10.5. The van der Waals surface area contributed by atoms with Crippen LogP contribution in [0, 0.1) is 0 Å². The standard InChI is InChI=1S/C5H9F3NO5P/c1-13-15(11,12)14-3-2-9-4(10)5(6,7)8/h2-3H2,1H3,(H,9,10)(H,11,12). The molecular weight excluding hydrogens is 242 g/mol. The first-order chi connectivity index (χ1) is 6.69. The third-order valence-corrected chi connectivity index (χ3v) is 2.10. The number of amides is 1. The Morgan fingerprint density at radius 2 is 2.07 bits per heavy atom. The van der Waals surface area contributed by atoms with Crippen molar-refractivity contribution in [2.75, 3.05) is 20.3 Å². The van der Waals surface area contributed by atoms with E-state index in [4.69, 9.17) is 4.89 Å². The van der Waals surface area contributed by atoms with Crippen LogP contribution in [0.5, 0.6) is 0 Å². The summed E-state index contributed by atoms with van der Waals surface area (Å²) in [4.78, 5) is 18.8. The number of halogens is 3. The predicted molar refractivity (Wildman–Crippen MR) is 41.9 cm³/mol. The van der Waals surface area contributed by atoms with Gasteiger partial charge in [-0.05, 0) is 0 Å². The number of carbonyl (C=O) groups is 1. The minimum atomic E-state index is -4.98. The molecule has 90 valence electrons. The fourth-order valence-electron chi connectivity index (χ4n) is 0.478. The van der Waals surface area contributed by atoms with Gasteiger partial charge >= 0.3 is 19.9 Å². The number of rotatable bonds is 5. The average Bonchev–Trinajstić information content (AvgIpc) is 2.10. The Morgan fingerprint density at radius 3 is 2.47 bits per heavy atom. The van der Waals surface area contributed by atoms with Gasteiger partial charge in [-0.25, -0.2) is 4.57 Å². The highest BCUT2D eigenvalue weighted by atomic mass is 31.2. The van der Waals surface area contributed by atoms with Gasteiger partial charge < -0.3 is 10.2 Å². The number of hydrogen-bond donors (Lipinski definition) is 2. The fourth-order valence-corrected chi connectivity index (χ4v) is 0.906. The largest absolute Gasteiger partial charge is 0.471 e. The Balaban J connectivity index is 3.74. The van der Waals surface area contributed by atoms with Crippen molar-refractivity contribution >= 4 is 13.7 Å². The number of carbonyl (C=O) groups excluding carboxylic acids is 1. The van der Waals surface area contributed by atoms with E-state index < -0.39 is 33.1 Å². The Kier molecular flexibility index (Phi) is 5.22. The van der Waals surface area contributed by atoms with Crippen molar-refractivity contribution in [3.63, 3.8) is 0 Å². The summed E-state index contributed by atoms with van der Waals surface area (Å²) in [6, 6.07) is 0. The molecule has 10 heteroatoms. The Hall–Kier alpha value is -0.630. The normalized spacial score (nSPS) is 15.8. The van der Waals surface area contributed by atoms with Crippen LogP contribution in [0.15, 0.2) is 0 Å². The summed E-state index contributed by atoms with van der Waals surface area (Å²) >= 11 is 0. The van der Waals surface area contributed by atoms with E-state index in [0.29, 0.717) is 0 Å². The number of phosphoric ester groups is 1. The smallest absolute Gasteiger partial charge is 0.346 e. The lowest BCUT2D eigenvalue weighted by molar-refractivity contribution is -0.173. The molecule has 0 spiro atoms. The van der Waals surface area contributed by atoms with Crippen LogP contribution in [0.3, 0.4) is 0 Å². The topological polar surface area (TPSA) is 84.9 Å². The van der Waals surface area contributed by atoms with E-state index in [0.717, 1.165) is 7.11 Å². The van der Waals surface area contributed by atoms with Crippen LogP contribution < -0.4 is 5.32 Å². The van der Waals surface area contributed by atoms with Crippen LogP contribution in [0.25, 0.3) is 0 Å². The van der Waals surface area contributed by atoms with Gasteiger partial charge in [0.25, 0.3) is 0 Å². The molecule has 0 saturated carbocycles. The first kappa shape index (κ1) is 14.4. The summed E-state index contributed by atoms with van der Waals surface area (Å²) in [7, 11) is -3.31. The molecule has 0 aliphatic heterocycles. The molecule has 1 atom stereocenters. The van der Waals surface area contributed by atoms with Gasteiger partial charge in [-0.1, -0.05) is 0 Å².